The van der Waals surface area contributed by atoms with Crippen molar-refractivity contribution in [2.75, 3.05) is 29.6 Å². The summed E-state index contributed by atoms with van der Waals surface area (Å²) in [5.74, 6) is 0.729. The first-order valence-electron chi connectivity index (χ1n) is 9.51. The Morgan fingerprint density at radius 1 is 0.848 bits per heavy atom. The number of carbonyl (C=O) groups is 1. The molecule has 0 aliphatic heterocycles. The maximum atomic E-state index is 12.9. The Labute approximate surface area is 201 Å². The molecule has 0 atom stereocenters. The van der Waals surface area contributed by atoms with E-state index in [2.05, 4.69) is 15.4 Å². The fourth-order valence-electron chi connectivity index (χ4n) is 2.94. The Morgan fingerprint density at radius 2 is 1.48 bits per heavy atom. The molecular formula is C22H21Cl2N3O5S. The van der Waals surface area contributed by atoms with E-state index in [9.17, 15) is 13.2 Å². The first kappa shape index (κ1) is 24.5. The summed E-state index contributed by atoms with van der Waals surface area (Å²) in [7, 11) is -1.01. The molecule has 174 valence electrons. The number of aryl methyl sites for hydroxylation is 1. The molecule has 33 heavy (non-hydrogen) atoms. The van der Waals surface area contributed by atoms with Gasteiger partial charge in [-0.05, 0) is 55.0 Å². The molecule has 8 nitrogen and oxygen atoms in total. The van der Waals surface area contributed by atoms with Crippen LogP contribution in [0.15, 0.2) is 59.5 Å². The van der Waals surface area contributed by atoms with E-state index >= 15 is 0 Å². The summed E-state index contributed by atoms with van der Waals surface area (Å²) < 4.78 is 38.7. The molecule has 0 saturated heterocycles. The van der Waals surface area contributed by atoms with Crippen LogP contribution in [0.4, 0.5) is 21.9 Å². The molecule has 3 rings (SSSR count). The van der Waals surface area contributed by atoms with Crippen LogP contribution in [0.3, 0.4) is 0 Å². The minimum absolute atomic E-state index is 0.0142. The van der Waals surface area contributed by atoms with E-state index in [1.807, 2.05) is 0 Å². The number of halogens is 2. The molecule has 0 bridgehead atoms. The number of hydrogen-bond donors (Lipinski definition) is 3. The molecule has 11 heteroatoms. The summed E-state index contributed by atoms with van der Waals surface area (Å²) in [6, 6.07) is 13.2. The van der Waals surface area contributed by atoms with Gasteiger partial charge in [0.2, 0.25) is 0 Å². The highest BCUT2D eigenvalue weighted by Crippen LogP contribution is 2.36. The van der Waals surface area contributed by atoms with Crippen molar-refractivity contribution < 1.29 is 22.7 Å². The van der Waals surface area contributed by atoms with Crippen LogP contribution >= 0.6 is 23.2 Å². The van der Waals surface area contributed by atoms with Crippen molar-refractivity contribution in [3.63, 3.8) is 0 Å². The Morgan fingerprint density at radius 3 is 2.12 bits per heavy atom. The first-order chi connectivity index (χ1) is 15.6. The summed E-state index contributed by atoms with van der Waals surface area (Å²) in [5.41, 5.74) is 1.45. The molecule has 0 heterocycles. The van der Waals surface area contributed by atoms with Gasteiger partial charge in [-0.25, -0.2) is 13.2 Å². The number of rotatable bonds is 7. The Bertz CT molecular complexity index is 1280. The second-order valence-electron chi connectivity index (χ2n) is 6.86. The van der Waals surface area contributed by atoms with Crippen molar-refractivity contribution in [3.8, 4) is 11.5 Å². The average molecular weight is 510 g/mol. The van der Waals surface area contributed by atoms with E-state index in [0.29, 0.717) is 33.5 Å². The largest absolute Gasteiger partial charge is 0.495 e. The highest BCUT2D eigenvalue weighted by molar-refractivity contribution is 7.92. The van der Waals surface area contributed by atoms with Gasteiger partial charge in [0.15, 0.2) is 0 Å². The van der Waals surface area contributed by atoms with Gasteiger partial charge in [0.1, 0.15) is 11.5 Å². The summed E-state index contributed by atoms with van der Waals surface area (Å²) in [6.45, 7) is 1.66. The molecule has 0 aromatic heterocycles. The standard InChI is InChI=1S/C22H21Cl2N3O5S/c1-13-4-7-16(10-21(13)33(29,30)27-15-8-5-14(23)6-9-15)25-22(28)26-18-11-17(24)19(31-2)12-20(18)32-3/h4-12,27H,1-3H3,(H2,25,26,28). The third kappa shape index (κ3) is 6.01. The Hall–Kier alpha value is -3.14. The second kappa shape index (κ2) is 10.2. The topological polar surface area (TPSA) is 106 Å². The van der Waals surface area contributed by atoms with Gasteiger partial charge in [-0.2, -0.15) is 0 Å². The molecule has 3 aromatic carbocycles. The molecule has 0 unspecified atom stereocenters. The van der Waals surface area contributed by atoms with Crippen molar-refractivity contribution in [1.82, 2.24) is 0 Å². The third-order valence-corrected chi connectivity index (χ3v) is 6.62. The van der Waals surface area contributed by atoms with E-state index in [4.69, 9.17) is 32.7 Å². The highest BCUT2D eigenvalue weighted by Gasteiger charge is 2.19. The van der Waals surface area contributed by atoms with Gasteiger partial charge in [0.05, 0.1) is 29.8 Å². The first-order valence-corrected chi connectivity index (χ1v) is 11.8. The number of ether oxygens (including phenoxy) is 2. The van der Waals surface area contributed by atoms with E-state index in [0.717, 1.165) is 0 Å². The second-order valence-corrected chi connectivity index (χ2v) is 9.35. The average Bonchev–Trinajstić information content (AvgIpc) is 2.76. The van der Waals surface area contributed by atoms with Gasteiger partial charge in [0.25, 0.3) is 10.0 Å². The van der Waals surface area contributed by atoms with Crippen molar-refractivity contribution in [2.24, 2.45) is 0 Å². The van der Waals surface area contributed by atoms with E-state index in [1.54, 1.807) is 43.3 Å². The minimum atomic E-state index is -3.91. The molecule has 0 saturated carbocycles. The van der Waals surface area contributed by atoms with Gasteiger partial charge in [-0.3, -0.25) is 4.72 Å². The maximum Gasteiger partial charge on any atom is 0.323 e. The van der Waals surface area contributed by atoms with Crippen molar-refractivity contribution in [1.29, 1.82) is 0 Å². The predicted molar refractivity (Wildman–Crippen MR) is 131 cm³/mol. The van der Waals surface area contributed by atoms with E-state index in [1.165, 1.54) is 32.4 Å². The van der Waals surface area contributed by atoms with E-state index in [-0.39, 0.29) is 15.6 Å². The van der Waals surface area contributed by atoms with Crippen LogP contribution in [0.25, 0.3) is 0 Å². The van der Waals surface area contributed by atoms with Crippen LogP contribution in [0.2, 0.25) is 10.0 Å². The third-order valence-electron chi connectivity index (χ3n) is 4.55. The fraction of sp³-hybridized carbons (Fsp3) is 0.136. The monoisotopic (exact) mass is 509 g/mol. The van der Waals surface area contributed by atoms with Gasteiger partial charge >= 0.3 is 6.03 Å². The van der Waals surface area contributed by atoms with Gasteiger partial charge in [0, 0.05) is 22.5 Å². The molecule has 3 N–H and O–H groups in total. The highest BCUT2D eigenvalue weighted by atomic mass is 35.5. The van der Waals surface area contributed by atoms with Crippen LogP contribution in [0.1, 0.15) is 5.56 Å². The predicted octanol–water partition coefficient (Wildman–Crippen LogP) is 5.76. The lowest BCUT2D eigenvalue weighted by atomic mass is 10.2. The van der Waals surface area contributed by atoms with Crippen LogP contribution in [0, 0.1) is 6.92 Å². The SMILES string of the molecule is COc1cc(OC)c(NC(=O)Nc2ccc(C)c(S(=O)(=O)Nc3ccc(Cl)cc3)c2)cc1Cl. The number of sulfonamides is 1. The lowest BCUT2D eigenvalue weighted by molar-refractivity contribution is 0.262. The zero-order chi connectivity index (χ0) is 24.2. The molecule has 0 spiro atoms. The number of benzene rings is 3. The van der Waals surface area contributed by atoms with Crippen LogP contribution in [0.5, 0.6) is 11.5 Å². The van der Waals surface area contributed by atoms with Crippen molar-refractivity contribution in [3.05, 3.63) is 70.2 Å². The van der Waals surface area contributed by atoms with Gasteiger partial charge in [-0.1, -0.05) is 29.3 Å². The van der Waals surface area contributed by atoms with Crippen molar-refractivity contribution in [2.45, 2.75) is 11.8 Å². The summed E-state index contributed by atoms with van der Waals surface area (Å²) in [5, 5.41) is 6.01. The summed E-state index contributed by atoms with van der Waals surface area (Å²) in [4.78, 5) is 12.6. The quantitative estimate of drug-likeness (QED) is 0.375. The molecule has 0 aliphatic rings. The lowest BCUT2D eigenvalue weighted by Crippen LogP contribution is -2.20. The summed E-state index contributed by atoms with van der Waals surface area (Å²) >= 11 is 12.0. The number of amides is 2. The zero-order valence-electron chi connectivity index (χ0n) is 17.9. The Kier molecular flexibility index (Phi) is 7.57. The molecule has 2 amide bonds. The molecule has 3 aromatic rings. The van der Waals surface area contributed by atoms with Crippen LogP contribution < -0.4 is 24.8 Å². The van der Waals surface area contributed by atoms with Gasteiger partial charge in [-0.15, -0.1) is 0 Å². The number of urea groups is 1. The lowest BCUT2D eigenvalue weighted by Gasteiger charge is -2.15. The summed E-state index contributed by atoms with van der Waals surface area (Å²) in [6.07, 6.45) is 0. The number of hydrogen-bond acceptors (Lipinski definition) is 5. The molecule has 0 radical (unpaired) electrons. The smallest absolute Gasteiger partial charge is 0.323 e. The van der Waals surface area contributed by atoms with Crippen LogP contribution in [-0.2, 0) is 10.0 Å². The number of carbonyl (C=O) groups excluding carboxylic acids is 1. The minimum Gasteiger partial charge on any atom is -0.495 e. The number of methoxy groups -OCH3 is 2. The van der Waals surface area contributed by atoms with Gasteiger partial charge < -0.3 is 20.1 Å². The number of nitrogens with one attached hydrogen (secondary N) is 3. The van der Waals surface area contributed by atoms with Crippen molar-refractivity contribution >= 4 is 56.3 Å². The van der Waals surface area contributed by atoms with Crippen LogP contribution in [-0.4, -0.2) is 28.7 Å². The zero-order valence-corrected chi connectivity index (χ0v) is 20.2. The molecule has 0 fully saturated rings. The number of anilines is 3. The van der Waals surface area contributed by atoms with E-state index < -0.39 is 16.1 Å². The maximum absolute atomic E-state index is 12.9. The fourth-order valence-corrected chi connectivity index (χ4v) is 4.63. The Balaban J connectivity index is 1.80. The normalized spacial score (nSPS) is 10.9. The molecular weight excluding hydrogens is 489 g/mol. The molecule has 0 aliphatic carbocycles.